The summed E-state index contributed by atoms with van der Waals surface area (Å²) in [5.74, 6) is -0.743. The maximum Gasteiger partial charge on any atom is 0.241 e. The highest BCUT2D eigenvalue weighted by Gasteiger charge is 2.28. The first-order valence-corrected chi connectivity index (χ1v) is 13.0. The van der Waals surface area contributed by atoms with E-state index in [1.54, 1.807) is 12.1 Å². The SMILES string of the molecule is Cc1ccc(S(=O)(=O)NC(CC(C)C)C(=O)NCCS(=O)(=O)N2CCOCC2)cc1. The van der Waals surface area contributed by atoms with Gasteiger partial charge in [0.2, 0.25) is 26.0 Å². The number of hydrogen-bond donors (Lipinski definition) is 2. The van der Waals surface area contributed by atoms with Crippen LogP contribution < -0.4 is 10.0 Å². The van der Waals surface area contributed by atoms with Crippen molar-refractivity contribution in [2.45, 2.75) is 38.1 Å². The molecule has 1 saturated heterocycles. The maximum atomic E-state index is 12.7. The average Bonchev–Trinajstić information content (AvgIpc) is 2.67. The first-order chi connectivity index (χ1) is 14.0. The minimum atomic E-state index is -3.89. The Kier molecular flexibility index (Phi) is 8.80. The zero-order valence-electron chi connectivity index (χ0n) is 17.6. The van der Waals surface area contributed by atoms with E-state index in [1.165, 1.54) is 16.4 Å². The molecule has 1 aliphatic heterocycles. The first-order valence-electron chi connectivity index (χ1n) is 9.93. The van der Waals surface area contributed by atoms with Crippen LogP contribution in [0.25, 0.3) is 0 Å². The van der Waals surface area contributed by atoms with Gasteiger partial charge in [0.05, 0.1) is 23.9 Å². The summed E-state index contributed by atoms with van der Waals surface area (Å²) in [6, 6.07) is 5.33. The molecule has 170 valence electrons. The second-order valence-electron chi connectivity index (χ2n) is 7.73. The number of hydrogen-bond acceptors (Lipinski definition) is 6. The van der Waals surface area contributed by atoms with Crippen molar-refractivity contribution in [1.82, 2.24) is 14.3 Å². The number of benzene rings is 1. The largest absolute Gasteiger partial charge is 0.379 e. The van der Waals surface area contributed by atoms with E-state index in [2.05, 4.69) is 10.0 Å². The van der Waals surface area contributed by atoms with E-state index in [-0.39, 0.29) is 29.5 Å². The molecule has 0 bridgehead atoms. The van der Waals surface area contributed by atoms with Gasteiger partial charge in [-0.15, -0.1) is 0 Å². The number of amides is 1. The zero-order chi connectivity index (χ0) is 22.4. The van der Waals surface area contributed by atoms with E-state index in [9.17, 15) is 21.6 Å². The van der Waals surface area contributed by atoms with Gasteiger partial charge < -0.3 is 10.1 Å². The molecule has 0 saturated carbocycles. The number of carbonyl (C=O) groups excluding carboxylic acids is 1. The molecule has 11 heteroatoms. The van der Waals surface area contributed by atoms with Crippen molar-refractivity contribution in [3.8, 4) is 0 Å². The second-order valence-corrected chi connectivity index (χ2v) is 11.5. The molecule has 1 aliphatic rings. The highest BCUT2D eigenvalue weighted by molar-refractivity contribution is 7.89. The summed E-state index contributed by atoms with van der Waals surface area (Å²) < 4.78 is 59.0. The molecule has 1 aromatic rings. The average molecular weight is 462 g/mol. The standard InChI is InChI=1S/C19H31N3O6S2/c1-15(2)14-18(21-30(26,27)17-6-4-16(3)5-7-17)19(23)20-8-13-29(24,25)22-9-11-28-12-10-22/h4-7,15,18,21H,8-14H2,1-3H3,(H,20,23). The Morgan fingerprint density at radius 2 is 1.70 bits per heavy atom. The van der Waals surface area contributed by atoms with E-state index < -0.39 is 32.0 Å². The predicted molar refractivity (Wildman–Crippen MR) is 114 cm³/mol. The van der Waals surface area contributed by atoms with Gasteiger partial charge in [0, 0.05) is 19.6 Å². The van der Waals surface area contributed by atoms with E-state index in [1.807, 2.05) is 20.8 Å². The molecule has 2 rings (SSSR count). The van der Waals surface area contributed by atoms with Crippen LogP contribution in [-0.4, -0.2) is 71.7 Å². The van der Waals surface area contributed by atoms with Crippen LogP contribution in [0, 0.1) is 12.8 Å². The number of nitrogens with one attached hydrogen (secondary N) is 2. The van der Waals surface area contributed by atoms with Gasteiger partial charge in [0.15, 0.2) is 0 Å². The summed E-state index contributed by atoms with van der Waals surface area (Å²) >= 11 is 0. The number of aryl methyl sites for hydroxylation is 1. The lowest BCUT2D eigenvalue weighted by atomic mass is 10.0. The molecule has 30 heavy (non-hydrogen) atoms. The molecule has 2 N–H and O–H groups in total. The van der Waals surface area contributed by atoms with Crippen LogP contribution in [0.1, 0.15) is 25.8 Å². The number of carbonyl (C=O) groups is 1. The molecule has 0 spiro atoms. The highest BCUT2D eigenvalue weighted by atomic mass is 32.2. The van der Waals surface area contributed by atoms with Crippen LogP contribution in [0.4, 0.5) is 0 Å². The molecule has 1 heterocycles. The van der Waals surface area contributed by atoms with Crippen LogP contribution in [0.5, 0.6) is 0 Å². The molecule has 0 aliphatic carbocycles. The van der Waals surface area contributed by atoms with E-state index in [0.717, 1.165) is 5.56 Å². The van der Waals surface area contributed by atoms with E-state index in [4.69, 9.17) is 4.74 Å². The summed E-state index contributed by atoms with van der Waals surface area (Å²) in [7, 11) is -7.40. The summed E-state index contributed by atoms with van der Waals surface area (Å²) in [6.45, 7) is 6.80. The van der Waals surface area contributed by atoms with E-state index >= 15 is 0 Å². The van der Waals surface area contributed by atoms with Crippen LogP contribution >= 0.6 is 0 Å². The van der Waals surface area contributed by atoms with Crippen molar-refractivity contribution < 1.29 is 26.4 Å². The van der Waals surface area contributed by atoms with Crippen molar-refractivity contribution in [3.05, 3.63) is 29.8 Å². The minimum Gasteiger partial charge on any atom is -0.379 e. The number of rotatable bonds is 10. The van der Waals surface area contributed by atoms with Gasteiger partial charge in [0.1, 0.15) is 6.04 Å². The molecular formula is C19H31N3O6S2. The van der Waals surface area contributed by atoms with Gasteiger partial charge in [-0.3, -0.25) is 4.79 Å². The van der Waals surface area contributed by atoms with Crippen LogP contribution in [0.2, 0.25) is 0 Å². The lowest BCUT2D eigenvalue weighted by Crippen LogP contribution is -2.49. The fraction of sp³-hybridized carbons (Fsp3) is 0.632. The van der Waals surface area contributed by atoms with Crippen LogP contribution in [0.3, 0.4) is 0 Å². The number of morpholine rings is 1. The molecule has 1 atom stereocenters. The fourth-order valence-electron chi connectivity index (χ4n) is 3.03. The Labute approximate surface area is 179 Å². The minimum absolute atomic E-state index is 0.0542. The third-order valence-corrected chi connectivity index (χ3v) is 8.03. The normalized spacial score (nSPS) is 17.1. The molecular weight excluding hydrogens is 430 g/mol. The first kappa shape index (κ1) is 24.7. The van der Waals surface area contributed by atoms with Crippen molar-refractivity contribution in [3.63, 3.8) is 0 Å². The summed E-state index contributed by atoms with van der Waals surface area (Å²) in [5.41, 5.74) is 0.923. The van der Waals surface area contributed by atoms with Crippen LogP contribution in [0.15, 0.2) is 29.2 Å². The molecule has 1 amide bonds. The Bertz CT molecular complexity index is 908. The van der Waals surface area contributed by atoms with Crippen molar-refractivity contribution in [2.75, 3.05) is 38.6 Å². The third-order valence-electron chi connectivity index (χ3n) is 4.67. The van der Waals surface area contributed by atoms with Crippen LogP contribution in [-0.2, 0) is 29.6 Å². The lowest BCUT2D eigenvalue weighted by Gasteiger charge is -2.26. The van der Waals surface area contributed by atoms with Gasteiger partial charge in [0.25, 0.3) is 0 Å². The van der Waals surface area contributed by atoms with Gasteiger partial charge in [-0.25, -0.2) is 16.8 Å². The molecule has 0 aromatic heterocycles. The highest BCUT2D eigenvalue weighted by Crippen LogP contribution is 2.13. The predicted octanol–water partition coefficient (Wildman–Crippen LogP) is 0.466. The van der Waals surface area contributed by atoms with Crippen molar-refractivity contribution >= 4 is 26.0 Å². The van der Waals surface area contributed by atoms with Gasteiger partial charge in [-0.1, -0.05) is 31.5 Å². The summed E-state index contributed by atoms with van der Waals surface area (Å²) in [5, 5.41) is 2.56. The smallest absolute Gasteiger partial charge is 0.241 e. The monoisotopic (exact) mass is 461 g/mol. The quantitative estimate of drug-likeness (QED) is 0.522. The van der Waals surface area contributed by atoms with Crippen molar-refractivity contribution in [1.29, 1.82) is 0 Å². The Hall–Kier alpha value is -1.53. The van der Waals surface area contributed by atoms with Gasteiger partial charge >= 0.3 is 0 Å². The topological polar surface area (TPSA) is 122 Å². The molecule has 0 radical (unpaired) electrons. The fourth-order valence-corrected chi connectivity index (χ4v) is 5.57. The Balaban J connectivity index is 2.00. The van der Waals surface area contributed by atoms with Gasteiger partial charge in [-0.05, 0) is 31.4 Å². The van der Waals surface area contributed by atoms with Gasteiger partial charge in [-0.2, -0.15) is 9.03 Å². The maximum absolute atomic E-state index is 12.7. The van der Waals surface area contributed by atoms with E-state index in [0.29, 0.717) is 26.3 Å². The second kappa shape index (κ2) is 10.7. The third kappa shape index (κ3) is 7.31. The number of sulfonamides is 2. The molecule has 1 fully saturated rings. The number of nitrogens with zero attached hydrogens (tertiary/aromatic N) is 1. The molecule has 9 nitrogen and oxygen atoms in total. The number of ether oxygens (including phenoxy) is 1. The summed E-state index contributed by atoms with van der Waals surface area (Å²) in [6.07, 6.45) is 0.285. The zero-order valence-corrected chi connectivity index (χ0v) is 19.3. The molecule has 1 unspecified atom stereocenters. The Morgan fingerprint density at radius 3 is 2.27 bits per heavy atom. The van der Waals surface area contributed by atoms with Crippen molar-refractivity contribution in [2.24, 2.45) is 5.92 Å². The Morgan fingerprint density at radius 1 is 1.10 bits per heavy atom. The lowest BCUT2D eigenvalue weighted by molar-refractivity contribution is -0.122. The molecule has 1 aromatic carbocycles. The summed E-state index contributed by atoms with van der Waals surface area (Å²) in [4.78, 5) is 12.7.